The van der Waals surface area contributed by atoms with Gasteiger partial charge in [0.25, 0.3) is 0 Å². The van der Waals surface area contributed by atoms with Crippen LogP contribution in [-0.4, -0.2) is 23.4 Å². The molecule has 1 aliphatic rings. The number of ether oxygens (including phenoxy) is 1. The van der Waals surface area contributed by atoms with Gasteiger partial charge in [-0.05, 0) is 39.0 Å². The summed E-state index contributed by atoms with van der Waals surface area (Å²) in [6.45, 7) is 6.21. The van der Waals surface area contributed by atoms with Gasteiger partial charge in [0.2, 0.25) is 0 Å². The van der Waals surface area contributed by atoms with E-state index >= 15 is 0 Å². The lowest BCUT2D eigenvalue weighted by molar-refractivity contribution is -0.0788. The topological polar surface area (TPSA) is 29.5 Å². The Morgan fingerprint density at radius 2 is 1.83 bits per heavy atom. The molecule has 0 aliphatic carbocycles. The summed E-state index contributed by atoms with van der Waals surface area (Å²) < 4.78 is 5.60. The summed E-state index contributed by atoms with van der Waals surface area (Å²) in [5.41, 5.74) is 0. The van der Waals surface area contributed by atoms with Gasteiger partial charge in [-0.25, -0.2) is 0 Å². The molecule has 0 spiro atoms. The number of rotatable bonds is 2. The second-order valence-electron chi connectivity index (χ2n) is 3.96. The summed E-state index contributed by atoms with van der Waals surface area (Å²) in [5.74, 6) is 0.453. The number of hydrogen-bond acceptors (Lipinski definition) is 2. The van der Waals surface area contributed by atoms with Crippen LogP contribution < -0.4 is 0 Å². The Balaban J connectivity index is 2.43. The SMILES string of the molecule is CCC(O)C1CC(C)OC(C)C1. The average Bonchev–Trinajstić information content (AvgIpc) is 2.01. The summed E-state index contributed by atoms with van der Waals surface area (Å²) in [4.78, 5) is 0. The first-order valence-electron chi connectivity index (χ1n) is 4.97. The minimum Gasteiger partial charge on any atom is -0.393 e. The van der Waals surface area contributed by atoms with Crippen LogP contribution in [0.4, 0.5) is 0 Å². The number of aliphatic hydroxyl groups is 1. The quantitative estimate of drug-likeness (QED) is 0.690. The second kappa shape index (κ2) is 4.24. The smallest absolute Gasteiger partial charge is 0.0567 e. The van der Waals surface area contributed by atoms with Gasteiger partial charge >= 0.3 is 0 Å². The van der Waals surface area contributed by atoms with Crippen molar-refractivity contribution in [1.82, 2.24) is 0 Å². The fourth-order valence-corrected chi connectivity index (χ4v) is 2.10. The molecular formula is C10H20O2. The van der Waals surface area contributed by atoms with Crippen LogP contribution in [0.5, 0.6) is 0 Å². The van der Waals surface area contributed by atoms with E-state index in [1.165, 1.54) is 0 Å². The molecule has 1 saturated heterocycles. The summed E-state index contributed by atoms with van der Waals surface area (Å²) in [7, 11) is 0. The van der Waals surface area contributed by atoms with Gasteiger partial charge in [-0.1, -0.05) is 6.92 Å². The third-order valence-corrected chi connectivity index (χ3v) is 2.70. The Bertz CT molecular complexity index is 126. The third kappa shape index (κ3) is 2.46. The fraction of sp³-hybridized carbons (Fsp3) is 1.00. The van der Waals surface area contributed by atoms with E-state index in [0.29, 0.717) is 18.1 Å². The highest BCUT2D eigenvalue weighted by Crippen LogP contribution is 2.28. The maximum atomic E-state index is 9.66. The second-order valence-corrected chi connectivity index (χ2v) is 3.96. The third-order valence-electron chi connectivity index (χ3n) is 2.70. The molecule has 0 aromatic heterocycles. The molecule has 0 radical (unpaired) electrons. The number of hydrogen-bond donors (Lipinski definition) is 1. The molecule has 1 rings (SSSR count). The van der Waals surface area contributed by atoms with Crippen LogP contribution >= 0.6 is 0 Å². The van der Waals surface area contributed by atoms with E-state index in [4.69, 9.17) is 4.74 Å². The van der Waals surface area contributed by atoms with Gasteiger partial charge in [0.1, 0.15) is 0 Å². The predicted octanol–water partition coefficient (Wildman–Crippen LogP) is 1.96. The lowest BCUT2D eigenvalue weighted by Gasteiger charge is -2.34. The molecule has 1 N–H and O–H groups in total. The van der Waals surface area contributed by atoms with Crippen molar-refractivity contribution in [3.8, 4) is 0 Å². The van der Waals surface area contributed by atoms with Gasteiger partial charge < -0.3 is 9.84 Å². The van der Waals surface area contributed by atoms with E-state index in [0.717, 1.165) is 19.3 Å². The Kier molecular flexibility index (Phi) is 3.53. The van der Waals surface area contributed by atoms with Crippen molar-refractivity contribution in [2.75, 3.05) is 0 Å². The summed E-state index contributed by atoms with van der Waals surface area (Å²) >= 11 is 0. The first-order valence-corrected chi connectivity index (χ1v) is 4.97. The maximum Gasteiger partial charge on any atom is 0.0567 e. The van der Waals surface area contributed by atoms with Crippen molar-refractivity contribution in [2.24, 2.45) is 5.92 Å². The Morgan fingerprint density at radius 1 is 1.33 bits per heavy atom. The molecule has 0 amide bonds. The fourth-order valence-electron chi connectivity index (χ4n) is 2.10. The van der Waals surface area contributed by atoms with E-state index in [9.17, 15) is 5.11 Å². The van der Waals surface area contributed by atoms with Crippen LogP contribution in [0.1, 0.15) is 40.0 Å². The first-order chi connectivity index (χ1) is 5.63. The molecule has 3 atom stereocenters. The van der Waals surface area contributed by atoms with E-state index in [1.807, 2.05) is 6.92 Å². The highest BCUT2D eigenvalue weighted by molar-refractivity contribution is 4.77. The number of aliphatic hydroxyl groups excluding tert-OH is 1. The normalized spacial score (nSPS) is 39.5. The van der Waals surface area contributed by atoms with Crippen molar-refractivity contribution in [3.05, 3.63) is 0 Å². The monoisotopic (exact) mass is 172 g/mol. The molecule has 3 unspecified atom stereocenters. The van der Waals surface area contributed by atoms with Gasteiger partial charge in [0.05, 0.1) is 18.3 Å². The van der Waals surface area contributed by atoms with E-state index < -0.39 is 0 Å². The molecule has 0 bridgehead atoms. The predicted molar refractivity (Wildman–Crippen MR) is 49.0 cm³/mol. The van der Waals surface area contributed by atoms with Crippen LogP contribution in [0, 0.1) is 5.92 Å². The van der Waals surface area contributed by atoms with Crippen LogP contribution in [0.25, 0.3) is 0 Å². The van der Waals surface area contributed by atoms with Crippen LogP contribution in [-0.2, 0) is 4.74 Å². The van der Waals surface area contributed by atoms with Crippen molar-refractivity contribution < 1.29 is 9.84 Å². The molecular weight excluding hydrogens is 152 g/mol. The Morgan fingerprint density at radius 3 is 2.25 bits per heavy atom. The first kappa shape index (κ1) is 10.0. The molecule has 1 aliphatic heterocycles. The highest BCUT2D eigenvalue weighted by atomic mass is 16.5. The van der Waals surface area contributed by atoms with E-state index in [-0.39, 0.29) is 6.10 Å². The summed E-state index contributed by atoms with van der Waals surface area (Å²) in [5, 5.41) is 9.66. The van der Waals surface area contributed by atoms with Crippen LogP contribution in [0.2, 0.25) is 0 Å². The van der Waals surface area contributed by atoms with Crippen LogP contribution in [0.15, 0.2) is 0 Å². The Labute approximate surface area is 74.9 Å². The minimum absolute atomic E-state index is 0.126. The average molecular weight is 172 g/mol. The largest absolute Gasteiger partial charge is 0.393 e. The van der Waals surface area contributed by atoms with Gasteiger partial charge in [-0.3, -0.25) is 0 Å². The zero-order chi connectivity index (χ0) is 9.14. The zero-order valence-electron chi connectivity index (χ0n) is 8.29. The molecule has 1 fully saturated rings. The van der Waals surface area contributed by atoms with Crippen molar-refractivity contribution in [1.29, 1.82) is 0 Å². The molecule has 2 heteroatoms. The standard InChI is InChI=1S/C10H20O2/c1-4-10(11)9-5-7(2)12-8(3)6-9/h7-11H,4-6H2,1-3H3. The van der Waals surface area contributed by atoms with Crippen LogP contribution in [0.3, 0.4) is 0 Å². The highest BCUT2D eigenvalue weighted by Gasteiger charge is 2.28. The van der Waals surface area contributed by atoms with Crippen molar-refractivity contribution in [2.45, 2.75) is 58.3 Å². The molecule has 72 valence electrons. The van der Waals surface area contributed by atoms with Gasteiger partial charge in [0.15, 0.2) is 0 Å². The lowest BCUT2D eigenvalue weighted by Crippen LogP contribution is -2.35. The lowest BCUT2D eigenvalue weighted by atomic mass is 9.87. The van der Waals surface area contributed by atoms with Gasteiger partial charge in [-0.2, -0.15) is 0 Å². The molecule has 2 nitrogen and oxygen atoms in total. The molecule has 0 aromatic rings. The van der Waals surface area contributed by atoms with Crippen molar-refractivity contribution in [3.63, 3.8) is 0 Å². The van der Waals surface area contributed by atoms with E-state index in [2.05, 4.69) is 13.8 Å². The Hall–Kier alpha value is -0.0800. The molecule has 0 aromatic carbocycles. The molecule has 1 heterocycles. The zero-order valence-corrected chi connectivity index (χ0v) is 8.29. The van der Waals surface area contributed by atoms with Crippen molar-refractivity contribution >= 4 is 0 Å². The minimum atomic E-state index is -0.126. The summed E-state index contributed by atoms with van der Waals surface area (Å²) in [6.07, 6.45) is 3.40. The molecule has 0 saturated carbocycles. The van der Waals surface area contributed by atoms with Gasteiger partial charge in [0, 0.05) is 0 Å². The van der Waals surface area contributed by atoms with E-state index in [1.54, 1.807) is 0 Å². The maximum absolute atomic E-state index is 9.66. The van der Waals surface area contributed by atoms with Gasteiger partial charge in [-0.15, -0.1) is 0 Å². The summed E-state index contributed by atoms with van der Waals surface area (Å²) in [6, 6.07) is 0. The molecule has 12 heavy (non-hydrogen) atoms.